The molecule has 0 spiro atoms. The molecule has 27 heavy (non-hydrogen) atoms. The van der Waals surface area contributed by atoms with Crippen molar-refractivity contribution in [3.05, 3.63) is 35.4 Å². The zero-order valence-corrected chi connectivity index (χ0v) is 16.2. The van der Waals surface area contributed by atoms with Gasteiger partial charge in [-0.1, -0.05) is 25.0 Å². The molecule has 1 aromatic rings. The van der Waals surface area contributed by atoms with E-state index >= 15 is 0 Å². The summed E-state index contributed by atoms with van der Waals surface area (Å²) in [4.78, 5) is 29.1. The van der Waals surface area contributed by atoms with Crippen LogP contribution in [0, 0.1) is 5.92 Å². The molecule has 2 aliphatic heterocycles. The first-order valence-corrected chi connectivity index (χ1v) is 10.6. The molecule has 2 amide bonds. The van der Waals surface area contributed by atoms with Crippen LogP contribution in [-0.4, -0.2) is 60.4 Å². The van der Waals surface area contributed by atoms with E-state index in [1.807, 2.05) is 17.0 Å². The molecular formula is C22H31N3O2. The van der Waals surface area contributed by atoms with Crippen LogP contribution in [0.4, 0.5) is 0 Å². The molecule has 1 aliphatic carbocycles. The van der Waals surface area contributed by atoms with E-state index in [2.05, 4.69) is 17.4 Å². The van der Waals surface area contributed by atoms with Crippen molar-refractivity contribution >= 4 is 11.8 Å². The summed E-state index contributed by atoms with van der Waals surface area (Å²) < 4.78 is 0. The Kier molecular flexibility index (Phi) is 5.77. The van der Waals surface area contributed by atoms with E-state index in [1.165, 1.54) is 31.2 Å². The minimum atomic E-state index is -0.0136. The van der Waals surface area contributed by atoms with Crippen molar-refractivity contribution in [3.8, 4) is 0 Å². The van der Waals surface area contributed by atoms with E-state index in [-0.39, 0.29) is 18.4 Å². The molecule has 146 valence electrons. The van der Waals surface area contributed by atoms with Gasteiger partial charge in [0, 0.05) is 24.7 Å². The van der Waals surface area contributed by atoms with Crippen molar-refractivity contribution < 1.29 is 9.59 Å². The van der Waals surface area contributed by atoms with Gasteiger partial charge in [-0.2, -0.15) is 0 Å². The van der Waals surface area contributed by atoms with Gasteiger partial charge in [0.1, 0.15) is 6.54 Å². The quantitative estimate of drug-likeness (QED) is 0.887. The Labute approximate surface area is 162 Å². The van der Waals surface area contributed by atoms with Gasteiger partial charge in [0.05, 0.1) is 0 Å². The highest BCUT2D eigenvalue weighted by molar-refractivity contribution is 5.97. The number of nitrogens with one attached hydrogen (secondary N) is 1. The van der Waals surface area contributed by atoms with Crippen molar-refractivity contribution in [1.82, 2.24) is 15.1 Å². The van der Waals surface area contributed by atoms with Gasteiger partial charge in [0.25, 0.3) is 5.91 Å². The van der Waals surface area contributed by atoms with Crippen LogP contribution in [0.5, 0.6) is 0 Å². The van der Waals surface area contributed by atoms with E-state index in [9.17, 15) is 9.59 Å². The lowest BCUT2D eigenvalue weighted by molar-refractivity contribution is -0.137. The van der Waals surface area contributed by atoms with Crippen LogP contribution >= 0.6 is 0 Å². The van der Waals surface area contributed by atoms with Gasteiger partial charge in [-0.3, -0.25) is 9.59 Å². The number of benzene rings is 1. The first kappa shape index (κ1) is 18.5. The molecule has 1 aromatic carbocycles. The molecule has 1 saturated carbocycles. The van der Waals surface area contributed by atoms with Gasteiger partial charge in [-0.25, -0.2) is 0 Å². The maximum atomic E-state index is 12.8. The Bertz CT molecular complexity index is 661. The van der Waals surface area contributed by atoms with Crippen molar-refractivity contribution in [1.29, 1.82) is 0 Å². The lowest BCUT2D eigenvalue weighted by Crippen LogP contribution is -2.54. The van der Waals surface area contributed by atoms with Crippen molar-refractivity contribution in [3.63, 3.8) is 0 Å². The van der Waals surface area contributed by atoms with E-state index in [4.69, 9.17) is 0 Å². The predicted molar refractivity (Wildman–Crippen MR) is 106 cm³/mol. The summed E-state index contributed by atoms with van der Waals surface area (Å²) in [7, 11) is 0. The van der Waals surface area contributed by atoms with Crippen LogP contribution in [0.15, 0.2) is 24.3 Å². The Morgan fingerprint density at radius 2 is 1.81 bits per heavy atom. The van der Waals surface area contributed by atoms with E-state index in [0.29, 0.717) is 30.6 Å². The number of hydrogen-bond acceptors (Lipinski definition) is 3. The number of hydrogen-bond donors (Lipinski definition) is 1. The molecule has 3 fully saturated rings. The Hall–Kier alpha value is -1.88. The van der Waals surface area contributed by atoms with Gasteiger partial charge in [0.2, 0.25) is 5.91 Å². The number of piperazine rings is 1. The maximum Gasteiger partial charge on any atom is 0.254 e. The largest absolute Gasteiger partial charge is 0.336 e. The molecule has 0 unspecified atom stereocenters. The van der Waals surface area contributed by atoms with Gasteiger partial charge < -0.3 is 15.1 Å². The van der Waals surface area contributed by atoms with Crippen LogP contribution < -0.4 is 5.32 Å². The number of piperidine rings is 1. The van der Waals surface area contributed by atoms with Crippen molar-refractivity contribution in [2.24, 2.45) is 5.92 Å². The number of carbonyl (C=O) groups excluding carboxylic acids is 2. The average molecular weight is 370 g/mol. The Balaban J connectivity index is 1.33. The summed E-state index contributed by atoms with van der Waals surface area (Å²) in [6, 6.07) is 8.43. The summed E-state index contributed by atoms with van der Waals surface area (Å²) in [5, 5.41) is 3.46. The third-order valence-electron chi connectivity index (χ3n) is 6.43. The first-order chi connectivity index (χ1) is 13.2. The standard InChI is InChI=1S/C22H31N3O2/c26-21-16-24(12-13-25(21)20-5-1-2-6-20)22(27)19-9-7-17(8-10-19)14-18-4-3-11-23-15-18/h7-10,18,20,23H,1-6,11-16H2/t18-/m1/s1. The molecule has 0 bridgehead atoms. The van der Waals surface area contributed by atoms with Gasteiger partial charge in [-0.15, -0.1) is 0 Å². The monoisotopic (exact) mass is 369 g/mol. The second-order valence-electron chi connectivity index (χ2n) is 8.37. The zero-order valence-electron chi connectivity index (χ0n) is 16.2. The summed E-state index contributed by atoms with van der Waals surface area (Å²) in [6.07, 6.45) is 8.29. The Morgan fingerprint density at radius 1 is 1.04 bits per heavy atom. The number of rotatable bonds is 4. The van der Waals surface area contributed by atoms with Crippen LogP contribution in [0.3, 0.4) is 0 Å². The molecule has 4 rings (SSSR count). The van der Waals surface area contributed by atoms with E-state index < -0.39 is 0 Å². The fourth-order valence-electron chi connectivity index (χ4n) is 4.86. The topological polar surface area (TPSA) is 52.7 Å². The lowest BCUT2D eigenvalue weighted by atomic mass is 9.92. The highest BCUT2D eigenvalue weighted by Crippen LogP contribution is 2.25. The smallest absolute Gasteiger partial charge is 0.254 e. The van der Waals surface area contributed by atoms with Crippen LogP contribution in [0.25, 0.3) is 0 Å². The molecule has 2 saturated heterocycles. The molecule has 1 N–H and O–H groups in total. The summed E-state index contributed by atoms with van der Waals surface area (Å²) in [5.41, 5.74) is 1.99. The number of carbonyl (C=O) groups is 2. The zero-order chi connectivity index (χ0) is 18.6. The van der Waals surface area contributed by atoms with Crippen LogP contribution in [-0.2, 0) is 11.2 Å². The summed E-state index contributed by atoms with van der Waals surface area (Å²) >= 11 is 0. The fraction of sp³-hybridized carbons (Fsp3) is 0.636. The van der Waals surface area contributed by atoms with Crippen LogP contribution in [0.2, 0.25) is 0 Å². The molecule has 1 atom stereocenters. The molecule has 5 heteroatoms. The predicted octanol–water partition coefficient (Wildman–Crippen LogP) is 2.46. The summed E-state index contributed by atoms with van der Waals surface area (Å²) in [5.74, 6) is 0.796. The molecule has 0 radical (unpaired) electrons. The highest BCUT2D eigenvalue weighted by Gasteiger charge is 2.33. The third kappa shape index (κ3) is 4.34. The summed E-state index contributed by atoms with van der Waals surface area (Å²) in [6.45, 7) is 3.79. The Morgan fingerprint density at radius 3 is 2.48 bits per heavy atom. The minimum absolute atomic E-state index is 0.0136. The normalized spacial score (nSPS) is 24.4. The third-order valence-corrected chi connectivity index (χ3v) is 6.43. The minimum Gasteiger partial charge on any atom is -0.336 e. The van der Waals surface area contributed by atoms with Crippen molar-refractivity contribution in [2.75, 3.05) is 32.7 Å². The first-order valence-electron chi connectivity index (χ1n) is 10.6. The van der Waals surface area contributed by atoms with Gasteiger partial charge in [-0.05, 0) is 68.8 Å². The van der Waals surface area contributed by atoms with Crippen molar-refractivity contribution in [2.45, 2.75) is 51.0 Å². The molecule has 3 aliphatic rings. The lowest BCUT2D eigenvalue weighted by Gasteiger charge is -2.37. The second kappa shape index (κ2) is 8.42. The fourth-order valence-corrected chi connectivity index (χ4v) is 4.86. The molecule has 0 aromatic heterocycles. The molecular weight excluding hydrogens is 338 g/mol. The van der Waals surface area contributed by atoms with Gasteiger partial charge in [0.15, 0.2) is 0 Å². The average Bonchev–Trinajstić information content (AvgIpc) is 3.23. The SMILES string of the molecule is O=C(c1ccc(C[C@H]2CCCNC2)cc1)N1CCN(C2CCCC2)C(=O)C1. The van der Waals surface area contributed by atoms with E-state index in [0.717, 1.165) is 32.4 Å². The number of amides is 2. The number of nitrogens with zero attached hydrogens (tertiary/aromatic N) is 2. The van der Waals surface area contributed by atoms with E-state index in [1.54, 1.807) is 4.90 Å². The molecule has 5 nitrogen and oxygen atoms in total. The second-order valence-corrected chi connectivity index (χ2v) is 8.37. The van der Waals surface area contributed by atoms with Gasteiger partial charge >= 0.3 is 0 Å². The maximum absolute atomic E-state index is 12.8. The molecule has 2 heterocycles. The highest BCUT2D eigenvalue weighted by atomic mass is 16.2. The van der Waals surface area contributed by atoms with Crippen LogP contribution in [0.1, 0.15) is 54.4 Å².